The molecule has 1 aromatic carbocycles. The highest BCUT2D eigenvalue weighted by atomic mass is 16.2. The minimum atomic E-state index is -0.170. The molecule has 0 spiro atoms. The van der Waals surface area contributed by atoms with E-state index in [9.17, 15) is 4.79 Å². The van der Waals surface area contributed by atoms with Crippen molar-refractivity contribution >= 4 is 17.3 Å². The number of rotatable bonds is 2. The lowest BCUT2D eigenvalue weighted by atomic mass is 10.2. The molecule has 2 aromatic rings. The van der Waals surface area contributed by atoms with Crippen LogP contribution in [0.1, 0.15) is 16.1 Å². The third kappa shape index (κ3) is 2.07. The van der Waals surface area contributed by atoms with Crippen LogP contribution in [0.5, 0.6) is 0 Å². The van der Waals surface area contributed by atoms with Crippen molar-refractivity contribution in [2.24, 2.45) is 7.05 Å². The quantitative estimate of drug-likeness (QED) is 0.872. The number of hydrogen-bond acceptors (Lipinski definition) is 3. The van der Waals surface area contributed by atoms with Gasteiger partial charge in [0.15, 0.2) is 0 Å². The Labute approximate surface area is 106 Å². The molecule has 2 N–H and O–H groups in total. The SMILES string of the molecule is Cc1ccc(N(C)C(=O)c2c(N)cnn2C)cc1. The average molecular weight is 244 g/mol. The van der Waals surface area contributed by atoms with E-state index in [1.807, 2.05) is 31.2 Å². The predicted octanol–water partition coefficient (Wildman–Crippen LogP) is 1.59. The third-order valence-electron chi connectivity index (χ3n) is 2.90. The lowest BCUT2D eigenvalue weighted by Crippen LogP contribution is -2.28. The van der Waals surface area contributed by atoms with Gasteiger partial charge in [0.25, 0.3) is 5.91 Å². The molecular formula is C13H16N4O. The number of amides is 1. The van der Waals surface area contributed by atoms with Crippen LogP contribution in [0.25, 0.3) is 0 Å². The molecule has 0 unspecified atom stereocenters. The summed E-state index contributed by atoms with van der Waals surface area (Å²) in [4.78, 5) is 13.9. The summed E-state index contributed by atoms with van der Waals surface area (Å²) >= 11 is 0. The van der Waals surface area contributed by atoms with E-state index in [0.717, 1.165) is 11.3 Å². The third-order valence-corrected chi connectivity index (χ3v) is 2.90. The largest absolute Gasteiger partial charge is 0.396 e. The van der Waals surface area contributed by atoms with Crippen LogP contribution in [-0.2, 0) is 7.05 Å². The van der Waals surface area contributed by atoms with Gasteiger partial charge in [-0.05, 0) is 19.1 Å². The zero-order chi connectivity index (χ0) is 13.3. The van der Waals surface area contributed by atoms with E-state index < -0.39 is 0 Å². The van der Waals surface area contributed by atoms with Crippen LogP contribution in [0.15, 0.2) is 30.5 Å². The summed E-state index contributed by atoms with van der Waals surface area (Å²) < 4.78 is 1.49. The van der Waals surface area contributed by atoms with Crippen LogP contribution in [0.2, 0.25) is 0 Å². The molecule has 0 aliphatic carbocycles. The van der Waals surface area contributed by atoms with E-state index in [1.165, 1.54) is 10.9 Å². The summed E-state index contributed by atoms with van der Waals surface area (Å²) in [6.45, 7) is 2.00. The fourth-order valence-electron chi connectivity index (χ4n) is 1.76. The van der Waals surface area contributed by atoms with E-state index in [1.54, 1.807) is 19.0 Å². The predicted molar refractivity (Wildman–Crippen MR) is 71.5 cm³/mol. The Morgan fingerprint density at radius 2 is 1.94 bits per heavy atom. The molecule has 0 aliphatic heterocycles. The second-order valence-electron chi connectivity index (χ2n) is 4.27. The molecule has 0 fully saturated rings. The Hall–Kier alpha value is -2.30. The van der Waals surface area contributed by atoms with Gasteiger partial charge in [-0.25, -0.2) is 0 Å². The van der Waals surface area contributed by atoms with Crippen molar-refractivity contribution < 1.29 is 4.79 Å². The zero-order valence-corrected chi connectivity index (χ0v) is 10.7. The van der Waals surface area contributed by atoms with Crippen LogP contribution in [0.3, 0.4) is 0 Å². The lowest BCUT2D eigenvalue weighted by Gasteiger charge is -2.17. The van der Waals surface area contributed by atoms with Gasteiger partial charge in [-0.2, -0.15) is 5.10 Å². The smallest absolute Gasteiger partial charge is 0.278 e. The van der Waals surface area contributed by atoms with E-state index in [2.05, 4.69) is 5.10 Å². The normalized spacial score (nSPS) is 10.4. The average Bonchev–Trinajstić information content (AvgIpc) is 2.68. The zero-order valence-electron chi connectivity index (χ0n) is 10.7. The highest BCUT2D eigenvalue weighted by Gasteiger charge is 2.19. The van der Waals surface area contributed by atoms with Gasteiger partial charge in [-0.1, -0.05) is 17.7 Å². The van der Waals surface area contributed by atoms with Crippen molar-refractivity contribution in [3.63, 3.8) is 0 Å². The first-order chi connectivity index (χ1) is 8.50. The molecule has 1 amide bonds. The number of aryl methyl sites for hydroxylation is 2. The van der Waals surface area contributed by atoms with Gasteiger partial charge in [-0.15, -0.1) is 0 Å². The molecule has 1 aromatic heterocycles. The fraction of sp³-hybridized carbons (Fsp3) is 0.231. The second kappa shape index (κ2) is 4.52. The monoisotopic (exact) mass is 244 g/mol. The van der Waals surface area contributed by atoms with Gasteiger partial charge in [0.1, 0.15) is 5.69 Å². The molecule has 0 bridgehead atoms. The van der Waals surface area contributed by atoms with Gasteiger partial charge in [-0.3, -0.25) is 9.48 Å². The number of anilines is 2. The Kier molecular flexibility index (Phi) is 3.06. The minimum absolute atomic E-state index is 0.170. The maximum atomic E-state index is 12.3. The molecule has 0 atom stereocenters. The van der Waals surface area contributed by atoms with Crippen LogP contribution in [0.4, 0.5) is 11.4 Å². The highest BCUT2D eigenvalue weighted by Crippen LogP contribution is 2.18. The Balaban J connectivity index is 2.32. The van der Waals surface area contributed by atoms with Crippen molar-refractivity contribution in [2.45, 2.75) is 6.92 Å². The Morgan fingerprint density at radius 1 is 1.33 bits per heavy atom. The summed E-state index contributed by atoms with van der Waals surface area (Å²) in [7, 11) is 3.42. The number of aromatic nitrogens is 2. The first kappa shape index (κ1) is 12.2. The van der Waals surface area contributed by atoms with Crippen molar-refractivity contribution in [3.05, 3.63) is 41.7 Å². The van der Waals surface area contributed by atoms with E-state index in [0.29, 0.717) is 11.4 Å². The van der Waals surface area contributed by atoms with Gasteiger partial charge in [0, 0.05) is 19.8 Å². The van der Waals surface area contributed by atoms with Gasteiger partial charge >= 0.3 is 0 Å². The number of carbonyl (C=O) groups excluding carboxylic acids is 1. The molecule has 5 heteroatoms. The van der Waals surface area contributed by atoms with Gasteiger partial charge < -0.3 is 10.6 Å². The number of nitrogens with two attached hydrogens (primary N) is 1. The number of hydrogen-bond donors (Lipinski definition) is 1. The molecule has 2 rings (SSSR count). The van der Waals surface area contributed by atoms with Crippen molar-refractivity contribution in [1.29, 1.82) is 0 Å². The van der Waals surface area contributed by atoms with Crippen LogP contribution >= 0.6 is 0 Å². The fourth-order valence-corrected chi connectivity index (χ4v) is 1.76. The van der Waals surface area contributed by atoms with Crippen molar-refractivity contribution in [2.75, 3.05) is 17.7 Å². The molecular weight excluding hydrogens is 228 g/mol. The summed E-state index contributed by atoms with van der Waals surface area (Å²) in [5, 5.41) is 3.97. The molecule has 0 saturated carbocycles. The maximum absolute atomic E-state index is 12.3. The molecule has 18 heavy (non-hydrogen) atoms. The summed E-state index contributed by atoms with van der Waals surface area (Å²) in [5.41, 5.74) is 8.52. The minimum Gasteiger partial charge on any atom is -0.396 e. The van der Waals surface area contributed by atoms with E-state index >= 15 is 0 Å². The topological polar surface area (TPSA) is 64.2 Å². The second-order valence-corrected chi connectivity index (χ2v) is 4.27. The van der Waals surface area contributed by atoms with E-state index in [4.69, 9.17) is 5.73 Å². The maximum Gasteiger partial charge on any atom is 0.278 e. The molecule has 5 nitrogen and oxygen atoms in total. The summed E-state index contributed by atoms with van der Waals surface area (Å²) in [6.07, 6.45) is 1.48. The van der Waals surface area contributed by atoms with Crippen LogP contribution in [0, 0.1) is 6.92 Å². The van der Waals surface area contributed by atoms with Crippen LogP contribution in [-0.4, -0.2) is 22.7 Å². The van der Waals surface area contributed by atoms with E-state index in [-0.39, 0.29) is 5.91 Å². The molecule has 1 heterocycles. The number of nitrogen functional groups attached to an aromatic ring is 1. The molecule has 0 radical (unpaired) electrons. The van der Waals surface area contributed by atoms with Gasteiger partial charge in [0.2, 0.25) is 0 Å². The highest BCUT2D eigenvalue weighted by molar-refractivity contribution is 6.07. The summed E-state index contributed by atoms with van der Waals surface area (Å²) in [5.74, 6) is -0.170. The van der Waals surface area contributed by atoms with Crippen molar-refractivity contribution in [3.8, 4) is 0 Å². The molecule has 94 valence electrons. The lowest BCUT2D eigenvalue weighted by molar-refractivity contribution is 0.0985. The Morgan fingerprint density at radius 3 is 2.44 bits per heavy atom. The Bertz CT molecular complexity index is 552. The number of carbonyl (C=O) groups is 1. The standard InChI is InChI=1S/C13H16N4O/c1-9-4-6-10(7-5-9)16(2)13(18)12-11(14)8-15-17(12)3/h4-8H,14H2,1-3H3. The molecule has 0 saturated heterocycles. The first-order valence-corrected chi connectivity index (χ1v) is 5.63. The summed E-state index contributed by atoms with van der Waals surface area (Å²) in [6, 6.07) is 7.73. The number of nitrogens with zero attached hydrogens (tertiary/aromatic N) is 3. The first-order valence-electron chi connectivity index (χ1n) is 5.63. The number of benzene rings is 1. The van der Waals surface area contributed by atoms with Crippen LogP contribution < -0.4 is 10.6 Å². The van der Waals surface area contributed by atoms with Gasteiger partial charge in [0.05, 0.1) is 11.9 Å². The van der Waals surface area contributed by atoms with Crippen molar-refractivity contribution in [1.82, 2.24) is 9.78 Å². The molecule has 0 aliphatic rings.